The summed E-state index contributed by atoms with van der Waals surface area (Å²) in [4.78, 5) is 4.46. The lowest BCUT2D eigenvalue weighted by atomic mass is 9.98. The molecule has 0 aliphatic heterocycles. The van der Waals surface area contributed by atoms with Gasteiger partial charge in [0.25, 0.3) is 0 Å². The molecule has 1 unspecified atom stereocenters. The Bertz CT molecular complexity index is 619. The normalized spacial score (nSPS) is 13.2. The maximum absolute atomic E-state index is 14.1. The number of hydrogen-bond donors (Lipinski definition) is 1. The standard InChI is InChI=1S/C16H20FNO2S/c1-16(2,3)15-18-11(9-21-15)12(19)8-10-6-5-7-13(20-4)14(10)17/h5-7,9,12,19H,8H2,1-4H3. The lowest BCUT2D eigenvalue weighted by Crippen LogP contribution is -2.11. The number of aromatic nitrogens is 1. The number of rotatable bonds is 4. The van der Waals surface area contributed by atoms with Gasteiger partial charge in [-0.1, -0.05) is 32.9 Å². The van der Waals surface area contributed by atoms with Gasteiger partial charge in [-0.25, -0.2) is 9.37 Å². The second-order valence-electron chi connectivity index (χ2n) is 5.98. The fraction of sp³-hybridized carbons (Fsp3) is 0.438. The molecule has 1 aromatic carbocycles. The Hall–Kier alpha value is -1.46. The van der Waals surface area contributed by atoms with Crippen LogP contribution in [0.4, 0.5) is 4.39 Å². The van der Waals surface area contributed by atoms with E-state index in [9.17, 15) is 9.50 Å². The monoisotopic (exact) mass is 309 g/mol. The van der Waals surface area contributed by atoms with Crippen molar-refractivity contribution in [2.24, 2.45) is 0 Å². The van der Waals surface area contributed by atoms with Gasteiger partial charge in [-0.05, 0) is 11.6 Å². The highest BCUT2D eigenvalue weighted by molar-refractivity contribution is 7.09. The molecule has 1 N–H and O–H groups in total. The van der Waals surface area contributed by atoms with E-state index in [0.29, 0.717) is 11.3 Å². The average molecular weight is 309 g/mol. The number of hydrogen-bond acceptors (Lipinski definition) is 4. The van der Waals surface area contributed by atoms with Gasteiger partial charge >= 0.3 is 0 Å². The molecule has 3 nitrogen and oxygen atoms in total. The minimum Gasteiger partial charge on any atom is -0.494 e. The number of ether oxygens (including phenoxy) is 1. The minimum atomic E-state index is -0.820. The van der Waals surface area contributed by atoms with Crippen LogP contribution in [0.1, 0.15) is 43.1 Å². The lowest BCUT2D eigenvalue weighted by Gasteiger charge is -2.14. The second kappa shape index (κ2) is 6.12. The van der Waals surface area contributed by atoms with Crippen LogP contribution in [0.3, 0.4) is 0 Å². The van der Waals surface area contributed by atoms with E-state index in [2.05, 4.69) is 25.8 Å². The molecule has 21 heavy (non-hydrogen) atoms. The molecule has 0 aliphatic rings. The van der Waals surface area contributed by atoms with Crippen molar-refractivity contribution in [1.29, 1.82) is 0 Å². The van der Waals surface area contributed by atoms with Crippen molar-refractivity contribution >= 4 is 11.3 Å². The smallest absolute Gasteiger partial charge is 0.168 e. The topological polar surface area (TPSA) is 42.4 Å². The van der Waals surface area contributed by atoms with E-state index in [1.54, 1.807) is 18.2 Å². The van der Waals surface area contributed by atoms with Crippen LogP contribution in [0, 0.1) is 5.82 Å². The van der Waals surface area contributed by atoms with Gasteiger partial charge in [0.1, 0.15) is 6.10 Å². The summed E-state index contributed by atoms with van der Waals surface area (Å²) in [5, 5.41) is 13.1. The van der Waals surface area contributed by atoms with Crippen LogP contribution in [0.2, 0.25) is 0 Å². The molecule has 0 aliphatic carbocycles. The van der Waals surface area contributed by atoms with Crippen LogP contribution in [-0.2, 0) is 11.8 Å². The molecule has 1 aromatic heterocycles. The SMILES string of the molecule is COc1cccc(CC(O)c2csc(C(C)(C)C)n2)c1F. The number of aliphatic hydroxyl groups excluding tert-OH is 1. The van der Waals surface area contributed by atoms with Gasteiger partial charge in [0.15, 0.2) is 11.6 Å². The molecule has 0 radical (unpaired) electrons. The summed E-state index contributed by atoms with van der Waals surface area (Å²) in [6.07, 6.45) is -0.643. The highest BCUT2D eigenvalue weighted by Gasteiger charge is 2.21. The zero-order chi connectivity index (χ0) is 15.6. The average Bonchev–Trinajstić information content (AvgIpc) is 2.91. The maximum Gasteiger partial charge on any atom is 0.168 e. The molecular weight excluding hydrogens is 289 g/mol. The lowest BCUT2D eigenvalue weighted by molar-refractivity contribution is 0.172. The predicted octanol–water partition coefficient (Wildman–Crippen LogP) is 3.86. The van der Waals surface area contributed by atoms with Crippen molar-refractivity contribution in [3.8, 4) is 5.75 Å². The Labute approximate surface area is 128 Å². The largest absolute Gasteiger partial charge is 0.494 e. The van der Waals surface area contributed by atoms with Crippen LogP contribution in [0.15, 0.2) is 23.6 Å². The molecular formula is C16H20FNO2S. The Morgan fingerprint density at radius 2 is 2.10 bits per heavy atom. The van der Waals surface area contributed by atoms with Gasteiger partial charge in [-0.2, -0.15) is 0 Å². The molecule has 0 saturated heterocycles. The number of nitrogens with zero attached hydrogens (tertiary/aromatic N) is 1. The Balaban J connectivity index is 2.18. The maximum atomic E-state index is 14.1. The molecule has 0 spiro atoms. The third-order valence-electron chi connectivity index (χ3n) is 3.18. The van der Waals surface area contributed by atoms with Gasteiger partial charge in [0.05, 0.1) is 17.8 Å². The molecule has 0 fully saturated rings. The van der Waals surface area contributed by atoms with E-state index in [1.165, 1.54) is 18.4 Å². The van der Waals surface area contributed by atoms with Gasteiger partial charge in [-0.15, -0.1) is 11.3 Å². The van der Waals surface area contributed by atoms with Gasteiger partial charge in [0.2, 0.25) is 0 Å². The number of halogens is 1. The Kier molecular flexibility index (Phi) is 4.64. The molecule has 114 valence electrons. The summed E-state index contributed by atoms with van der Waals surface area (Å²) < 4.78 is 19.0. The van der Waals surface area contributed by atoms with E-state index >= 15 is 0 Å². The van der Waals surface area contributed by atoms with Crippen LogP contribution in [-0.4, -0.2) is 17.2 Å². The number of thiazole rings is 1. The fourth-order valence-electron chi connectivity index (χ4n) is 1.97. The van der Waals surface area contributed by atoms with Gasteiger partial charge in [-0.3, -0.25) is 0 Å². The Morgan fingerprint density at radius 1 is 1.38 bits per heavy atom. The van der Waals surface area contributed by atoms with Gasteiger partial charge < -0.3 is 9.84 Å². The summed E-state index contributed by atoms with van der Waals surface area (Å²) in [5.74, 6) is -0.237. The summed E-state index contributed by atoms with van der Waals surface area (Å²) in [6.45, 7) is 6.22. The first-order valence-corrected chi connectivity index (χ1v) is 7.66. The molecule has 0 bridgehead atoms. The molecule has 0 amide bonds. The van der Waals surface area contributed by atoms with E-state index in [0.717, 1.165) is 5.01 Å². The van der Waals surface area contributed by atoms with Gasteiger partial charge in [0, 0.05) is 17.2 Å². The highest BCUT2D eigenvalue weighted by atomic mass is 32.1. The van der Waals surface area contributed by atoms with E-state index in [1.807, 2.05) is 5.38 Å². The molecule has 2 rings (SSSR count). The first-order valence-electron chi connectivity index (χ1n) is 6.78. The number of benzene rings is 1. The quantitative estimate of drug-likeness (QED) is 0.932. The third kappa shape index (κ3) is 3.60. The summed E-state index contributed by atoms with van der Waals surface area (Å²) in [5.41, 5.74) is 0.962. The van der Waals surface area contributed by atoms with Crippen molar-refractivity contribution in [1.82, 2.24) is 4.98 Å². The zero-order valence-corrected chi connectivity index (χ0v) is 13.5. The molecule has 5 heteroatoms. The van der Waals surface area contributed by atoms with Crippen LogP contribution in [0.25, 0.3) is 0 Å². The summed E-state index contributed by atoms with van der Waals surface area (Å²) >= 11 is 1.52. The summed E-state index contributed by atoms with van der Waals surface area (Å²) in [7, 11) is 1.43. The van der Waals surface area contributed by atoms with E-state index < -0.39 is 11.9 Å². The summed E-state index contributed by atoms with van der Waals surface area (Å²) in [6, 6.07) is 4.93. The molecule has 2 aromatic rings. The Morgan fingerprint density at radius 3 is 2.67 bits per heavy atom. The van der Waals surface area contributed by atoms with Crippen molar-refractivity contribution < 1.29 is 14.2 Å². The van der Waals surface area contributed by atoms with Crippen LogP contribution < -0.4 is 4.74 Å². The molecule has 0 saturated carbocycles. The highest BCUT2D eigenvalue weighted by Crippen LogP contribution is 2.30. The zero-order valence-electron chi connectivity index (χ0n) is 12.7. The molecule has 1 atom stereocenters. The van der Waals surface area contributed by atoms with Crippen molar-refractivity contribution in [3.63, 3.8) is 0 Å². The first kappa shape index (κ1) is 15.9. The van der Waals surface area contributed by atoms with E-state index in [-0.39, 0.29) is 17.6 Å². The number of methoxy groups -OCH3 is 1. The molecule has 1 heterocycles. The fourth-order valence-corrected chi connectivity index (χ4v) is 2.92. The second-order valence-corrected chi connectivity index (χ2v) is 6.84. The number of aliphatic hydroxyl groups is 1. The minimum absolute atomic E-state index is 0.0517. The first-order chi connectivity index (χ1) is 9.82. The third-order valence-corrected chi connectivity index (χ3v) is 4.47. The van der Waals surface area contributed by atoms with Crippen LogP contribution in [0.5, 0.6) is 5.75 Å². The van der Waals surface area contributed by atoms with Crippen molar-refractivity contribution in [2.75, 3.05) is 7.11 Å². The van der Waals surface area contributed by atoms with E-state index in [4.69, 9.17) is 4.74 Å². The van der Waals surface area contributed by atoms with Crippen molar-refractivity contribution in [3.05, 3.63) is 45.7 Å². The predicted molar refractivity (Wildman–Crippen MR) is 82.4 cm³/mol. The van der Waals surface area contributed by atoms with Crippen LogP contribution >= 0.6 is 11.3 Å². The van der Waals surface area contributed by atoms with Crippen molar-refractivity contribution in [2.45, 2.75) is 38.7 Å².